The second-order valence-corrected chi connectivity index (χ2v) is 9.48. The fraction of sp³-hybridized carbons (Fsp3) is 0.250. The van der Waals surface area contributed by atoms with Gasteiger partial charge in [-0.05, 0) is 60.0 Å². The summed E-state index contributed by atoms with van der Waals surface area (Å²) in [6, 6.07) is 20.7. The highest BCUT2D eigenvalue weighted by Crippen LogP contribution is 2.32. The van der Waals surface area contributed by atoms with E-state index in [9.17, 15) is 9.59 Å². The summed E-state index contributed by atoms with van der Waals surface area (Å²) in [6.45, 7) is 3.18. The van der Waals surface area contributed by atoms with Crippen LogP contribution in [0.15, 0.2) is 71.3 Å². The molecule has 2 heterocycles. The number of para-hydroxylation sites is 1. The minimum absolute atomic E-state index is 0.185. The molecule has 0 aliphatic carbocycles. The lowest BCUT2D eigenvalue weighted by Crippen LogP contribution is -2.19. The molecule has 1 amide bonds. The van der Waals surface area contributed by atoms with Crippen molar-refractivity contribution < 1.29 is 23.6 Å². The van der Waals surface area contributed by atoms with Gasteiger partial charge in [0, 0.05) is 29.1 Å². The van der Waals surface area contributed by atoms with Gasteiger partial charge in [-0.1, -0.05) is 42.8 Å². The molecule has 184 valence electrons. The van der Waals surface area contributed by atoms with E-state index in [1.165, 1.54) is 0 Å². The van der Waals surface area contributed by atoms with Crippen LogP contribution in [0.5, 0.6) is 11.5 Å². The summed E-state index contributed by atoms with van der Waals surface area (Å²) in [5.74, 6) is 1.58. The molecule has 8 heteroatoms. The van der Waals surface area contributed by atoms with Crippen LogP contribution in [0.3, 0.4) is 0 Å². The molecule has 0 spiro atoms. The first kappa shape index (κ1) is 23.9. The van der Waals surface area contributed by atoms with Crippen molar-refractivity contribution in [2.45, 2.75) is 32.2 Å². The summed E-state index contributed by atoms with van der Waals surface area (Å²) >= 11 is 0.708. The molecule has 1 aliphatic heterocycles. The molecule has 1 N–H and O–H groups in total. The third kappa shape index (κ3) is 5.23. The van der Waals surface area contributed by atoms with E-state index in [-0.39, 0.29) is 10.4 Å². The summed E-state index contributed by atoms with van der Waals surface area (Å²) in [6.07, 6.45) is 2.63. The van der Waals surface area contributed by atoms with Crippen LogP contribution in [0.4, 0.5) is 4.79 Å². The van der Waals surface area contributed by atoms with E-state index in [2.05, 4.69) is 23.5 Å². The Morgan fingerprint density at radius 3 is 2.58 bits per heavy atom. The smallest absolute Gasteiger partial charge is 0.287 e. The number of aromatic nitrogens is 1. The predicted octanol–water partition coefficient (Wildman–Crippen LogP) is 6.32. The van der Waals surface area contributed by atoms with Crippen LogP contribution in [0, 0.1) is 0 Å². The fourth-order valence-electron chi connectivity index (χ4n) is 4.19. The Morgan fingerprint density at radius 2 is 1.81 bits per heavy atom. The predicted molar refractivity (Wildman–Crippen MR) is 139 cm³/mol. The average molecular weight is 503 g/mol. The minimum Gasteiger partial charge on any atom is -0.493 e. The maximum Gasteiger partial charge on any atom is 0.287 e. The number of nitrogens with one attached hydrogen (secondary N) is 1. The number of aryl methyl sites for hydroxylation is 1. The van der Waals surface area contributed by atoms with Gasteiger partial charge in [-0.15, -0.1) is 0 Å². The highest BCUT2D eigenvalue weighted by Gasteiger charge is 2.32. The largest absolute Gasteiger partial charge is 0.493 e. The van der Waals surface area contributed by atoms with Gasteiger partial charge in [-0.25, -0.2) is 0 Å². The van der Waals surface area contributed by atoms with Crippen LogP contribution in [0.1, 0.15) is 36.9 Å². The van der Waals surface area contributed by atoms with E-state index in [1.807, 2.05) is 48.5 Å². The quantitative estimate of drug-likeness (QED) is 0.254. The molecule has 1 aliphatic rings. The molecule has 1 fully saturated rings. The van der Waals surface area contributed by atoms with E-state index >= 15 is 0 Å². The Balaban J connectivity index is 1.15. The Kier molecular flexibility index (Phi) is 7.23. The van der Waals surface area contributed by atoms with Crippen molar-refractivity contribution in [1.29, 1.82) is 0 Å². The molecule has 0 bridgehead atoms. The minimum atomic E-state index is -0.586. The van der Waals surface area contributed by atoms with Gasteiger partial charge in [-0.2, -0.15) is 0 Å². The Morgan fingerprint density at radius 1 is 1.00 bits per heavy atom. The van der Waals surface area contributed by atoms with Crippen molar-refractivity contribution in [3.8, 4) is 22.8 Å². The van der Waals surface area contributed by atoms with Gasteiger partial charge in [0.1, 0.15) is 23.2 Å². The number of nitrogens with zero attached hydrogens (tertiary/aromatic N) is 1. The van der Waals surface area contributed by atoms with Gasteiger partial charge in [0.05, 0.1) is 13.2 Å². The molecule has 0 radical (unpaired) electrons. The van der Waals surface area contributed by atoms with Crippen molar-refractivity contribution >= 4 is 33.1 Å². The number of hydrogen-bond acceptors (Lipinski definition) is 7. The van der Waals surface area contributed by atoms with Gasteiger partial charge in [0.15, 0.2) is 5.58 Å². The van der Waals surface area contributed by atoms with Gasteiger partial charge in [0.2, 0.25) is 5.12 Å². The van der Waals surface area contributed by atoms with Gasteiger partial charge in [0.25, 0.3) is 5.24 Å². The van der Waals surface area contributed by atoms with Crippen molar-refractivity contribution in [1.82, 2.24) is 10.5 Å². The third-order valence-electron chi connectivity index (χ3n) is 5.95. The highest BCUT2D eigenvalue weighted by molar-refractivity contribution is 8.26. The Hall–Kier alpha value is -3.78. The first-order chi connectivity index (χ1) is 17.6. The number of benzene rings is 3. The topological polar surface area (TPSA) is 90.7 Å². The summed E-state index contributed by atoms with van der Waals surface area (Å²) in [5, 5.41) is 7.44. The summed E-state index contributed by atoms with van der Waals surface area (Å²) in [7, 11) is 0. The Labute approximate surface area is 213 Å². The summed E-state index contributed by atoms with van der Waals surface area (Å²) < 4.78 is 17.4. The van der Waals surface area contributed by atoms with Crippen LogP contribution >= 0.6 is 11.8 Å². The first-order valence-electron chi connectivity index (χ1n) is 12.0. The van der Waals surface area contributed by atoms with Gasteiger partial charge in [-0.3, -0.25) is 9.59 Å². The lowest BCUT2D eigenvalue weighted by Gasteiger charge is -2.13. The molecular weight excluding hydrogens is 476 g/mol. The lowest BCUT2D eigenvalue weighted by molar-refractivity contribution is -0.112. The molecule has 36 heavy (non-hydrogen) atoms. The monoisotopic (exact) mass is 502 g/mol. The highest BCUT2D eigenvalue weighted by atomic mass is 32.2. The van der Waals surface area contributed by atoms with E-state index < -0.39 is 6.04 Å². The molecule has 0 saturated carbocycles. The number of ether oxygens (including phenoxy) is 2. The number of carbonyl (C=O) groups is 2. The van der Waals surface area contributed by atoms with Crippen LogP contribution in [-0.2, 0) is 11.2 Å². The molecule has 4 aromatic rings. The van der Waals surface area contributed by atoms with E-state index in [4.69, 9.17) is 14.0 Å². The molecular formula is C28H26N2O5S. The SMILES string of the molecule is CCCc1cc(-c2noc3ccccc23)ccc1OCCCOc1ccc(C2NC(=O)SC2=O)cc1. The molecule has 1 aromatic heterocycles. The van der Waals surface area contributed by atoms with Crippen LogP contribution < -0.4 is 14.8 Å². The number of rotatable bonds is 10. The second-order valence-electron chi connectivity index (χ2n) is 8.51. The summed E-state index contributed by atoms with van der Waals surface area (Å²) in [5.41, 5.74) is 4.52. The van der Waals surface area contributed by atoms with E-state index in [1.54, 1.807) is 12.1 Å². The van der Waals surface area contributed by atoms with Crippen molar-refractivity contribution in [2.24, 2.45) is 0 Å². The zero-order valence-electron chi connectivity index (χ0n) is 19.9. The number of carbonyl (C=O) groups excluding carboxylic acids is 2. The Bertz CT molecular complexity index is 1380. The maximum absolute atomic E-state index is 11.9. The molecule has 1 atom stereocenters. The van der Waals surface area contributed by atoms with E-state index in [0.29, 0.717) is 30.7 Å². The summed E-state index contributed by atoms with van der Waals surface area (Å²) in [4.78, 5) is 23.2. The van der Waals surface area contributed by atoms with Crippen molar-refractivity contribution in [2.75, 3.05) is 13.2 Å². The number of thioether (sulfide) groups is 1. The standard InChI is InChI=1S/C28H26N2O5S/c1-2-6-19-17-20(25-22-7-3-4-8-24(22)35-30-25)11-14-23(19)34-16-5-15-33-21-12-9-18(10-13-21)26-27(31)36-28(32)29-26/h3-4,7-14,17,26H,2,5-6,15-16H2,1H3,(H,29,32). The van der Waals surface area contributed by atoms with Crippen molar-refractivity contribution in [3.05, 3.63) is 77.9 Å². The zero-order valence-corrected chi connectivity index (χ0v) is 20.7. The van der Waals surface area contributed by atoms with Crippen LogP contribution in [-0.4, -0.2) is 28.7 Å². The van der Waals surface area contributed by atoms with Crippen LogP contribution in [0.2, 0.25) is 0 Å². The first-order valence-corrected chi connectivity index (χ1v) is 12.8. The number of fused-ring (bicyclic) bond motifs is 1. The number of hydrogen-bond donors (Lipinski definition) is 1. The van der Waals surface area contributed by atoms with Crippen LogP contribution in [0.25, 0.3) is 22.2 Å². The average Bonchev–Trinajstić information content (AvgIpc) is 3.47. The zero-order chi connectivity index (χ0) is 24.9. The molecule has 7 nitrogen and oxygen atoms in total. The fourth-order valence-corrected chi connectivity index (χ4v) is 4.86. The maximum atomic E-state index is 11.9. The molecule has 1 unspecified atom stereocenters. The van der Waals surface area contributed by atoms with Gasteiger partial charge >= 0.3 is 0 Å². The number of amides is 1. The third-order valence-corrected chi connectivity index (χ3v) is 6.69. The normalized spacial score (nSPS) is 15.3. The lowest BCUT2D eigenvalue weighted by atomic mass is 10.0. The molecule has 5 rings (SSSR count). The van der Waals surface area contributed by atoms with E-state index in [0.717, 1.165) is 58.4 Å². The van der Waals surface area contributed by atoms with Crippen molar-refractivity contribution in [3.63, 3.8) is 0 Å². The van der Waals surface area contributed by atoms with Gasteiger partial charge < -0.3 is 19.3 Å². The molecule has 3 aromatic carbocycles. The molecule has 1 saturated heterocycles. The second kappa shape index (κ2) is 10.9.